The molecule has 0 amide bonds. The summed E-state index contributed by atoms with van der Waals surface area (Å²) in [7, 11) is 0. The molecule has 21 heavy (non-hydrogen) atoms. The van der Waals surface area contributed by atoms with E-state index in [0.717, 1.165) is 29.3 Å². The van der Waals surface area contributed by atoms with E-state index in [1.54, 1.807) is 0 Å². The number of hydrogen-bond donors (Lipinski definition) is 1. The Morgan fingerprint density at radius 2 is 1.76 bits per heavy atom. The lowest BCUT2D eigenvalue weighted by Crippen LogP contribution is -2.28. The van der Waals surface area contributed by atoms with E-state index in [0.29, 0.717) is 6.04 Å². The molecular formula is C19H22ClN. The van der Waals surface area contributed by atoms with E-state index in [1.165, 1.54) is 35.6 Å². The van der Waals surface area contributed by atoms with Crippen LogP contribution in [0.1, 0.15) is 37.8 Å². The van der Waals surface area contributed by atoms with Crippen molar-refractivity contribution in [2.75, 3.05) is 6.54 Å². The first-order chi connectivity index (χ1) is 10.3. The van der Waals surface area contributed by atoms with Gasteiger partial charge in [-0.25, -0.2) is 0 Å². The molecule has 2 saturated carbocycles. The molecular weight excluding hydrogens is 278 g/mol. The molecule has 3 unspecified atom stereocenters. The fourth-order valence-corrected chi connectivity index (χ4v) is 4.57. The number of hydrogen-bond acceptors (Lipinski definition) is 1. The first kappa shape index (κ1) is 13.6. The van der Waals surface area contributed by atoms with E-state index in [-0.39, 0.29) is 0 Å². The fourth-order valence-electron chi connectivity index (χ4n) is 4.34. The van der Waals surface area contributed by atoms with Crippen molar-refractivity contribution < 1.29 is 0 Å². The van der Waals surface area contributed by atoms with Gasteiger partial charge in [0.15, 0.2) is 0 Å². The van der Waals surface area contributed by atoms with Crippen molar-refractivity contribution in [2.24, 2.45) is 17.8 Å². The fraction of sp³-hybridized carbons (Fsp3) is 0.474. The van der Waals surface area contributed by atoms with Gasteiger partial charge in [0.05, 0.1) is 0 Å². The lowest BCUT2D eigenvalue weighted by Gasteiger charge is -2.27. The average Bonchev–Trinajstić information content (AvgIpc) is 3.12. The lowest BCUT2D eigenvalue weighted by molar-refractivity contribution is 0.348. The second-order valence-corrected chi connectivity index (χ2v) is 7.11. The number of halogens is 1. The van der Waals surface area contributed by atoms with Gasteiger partial charge in [-0.05, 0) is 60.6 Å². The Morgan fingerprint density at radius 1 is 1.05 bits per heavy atom. The van der Waals surface area contributed by atoms with Crippen molar-refractivity contribution in [1.82, 2.24) is 5.32 Å². The van der Waals surface area contributed by atoms with Crippen LogP contribution in [0.15, 0.2) is 36.4 Å². The summed E-state index contributed by atoms with van der Waals surface area (Å²) >= 11 is 6.38. The molecule has 1 N–H and O–H groups in total. The van der Waals surface area contributed by atoms with Gasteiger partial charge in [-0.2, -0.15) is 0 Å². The molecule has 0 aliphatic heterocycles. The van der Waals surface area contributed by atoms with Gasteiger partial charge in [0.25, 0.3) is 0 Å². The molecule has 2 aromatic carbocycles. The number of nitrogens with one attached hydrogen (secondary N) is 1. The first-order valence-corrected chi connectivity index (χ1v) is 8.56. The molecule has 2 fully saturated rings. The maximum atomic E-state index is 6.38. The van der Waals surface area contributed by atoms with Gasteiger partial charge in [0.2, 0.25) is 0 Å². The van der Waals surface area contributed by atoms with Gasteiger partial charge in [0, 0.05) is 16.5 Å². The predicted octanol–water partition coefficient (Wildman–Crippen LogP) is 5.19. The SMILES string of the molecule is CCNC(c1ccc(Cl)c2ccccc12)C1CC2CC2C1. The Kier molecular flexibility index (Phi) is 3.43. The lowest BCUT2D eigenvalue weighted by atomic mass is 9.86. The molecule has 2 heteroatoms. The van der Waals surface area contributed by atoms with Gasteiger partial charge in [-0.1, -0.05) is 48.9 Å². The third-order valence-corrected chi connectivity index (χ3v) is 5.74. The molecule has 110 valence electrons. The van der Waals surface area contributed by atoms with Crippen LogP contribution >= 0.6 is 11.6 Å². The van der Waals surface area contributed by atoms with Crippen LogP contribution in [-0.2, 0) is 0 Å². The maximum Gasteiger partial charge on any atom is 0.0484 e. The van der Waals surface area contributed by atoms with E-state index >= 15 is 0 Å². The Labute approximate surface area is 131 Å². The Balaban J connectivity index is 1.76. The number of fused-ring (bicyclic) bond motifs is 2. The van der Waals surface area contributed by atoms with Gasteiger partial charge in [0.1, 0.15) is 0 Å². The van der Waals surface area contributed by atoms with Crippen molar-refractivity contribution in [3.8, 4) is 0 Å². The van der Waals surface area contributed by atoms with Crippen molar-refractivity contribution in [1.29, 1.82) is 0 Å². The molecule has 4 rings (SSSR count). The zero-order chi connectivity index (χ0) is 14.4. The molecule has 0 bridgehead atoms. The second kappa shape index (κ2) is 5.30. The predicted molar refractivity (Wildman–Crippen MR) is 89.7 cm³/mol. The third kappa shape index (κ3) is 2.37. The highest BCUT2D eigenvalue weighted by molar-refractivity contribution is 6.35. The van der Waals surface area contributed by atoms with Crippen molar-refractivity contribution in [3.05, 3.63) is 47.0 Å². The van der Waals surface area contributed by atoms with Crippen LogP contribution in [0.5, 0.6) is 0 Å². The summed E-state index contributed by atoms with van der Waals surface area (Å²) in [4.78, 5) is 0. The molecule has 2 aliphatic rings. The smallest absolute Gasteiger partial charge is 0.0484 e. The van der Waals surface area contributed by atoms with Gasteiger partial charge < -0.3 is 5.32 Å². The summed E-state index contributed by atoms with van der Waals surface area (Å²) in [5.41, 5.74) is 1.43. The van der Waals surface area contributed by atoms with E-state index in [2.05, 4.69) is 48.6 Å². The van der Waals surface area contributed by atoms with Crippen LogP contribution in [0.2, 0.25) is 5.02 Å². The summed E-state index contributed by atoms with van der Waals surface area (Å²) in [5.74, 6) is 2.84. The van der Waals surface area contributed by atoms with Crippen LogP contribution in [0.4, 0.5) is 0 Å². The zero-order valence-electron chi connectivity index (χ0n) is 12.5. The Morgan fingerprint density at radius 3 is 2.48 bits per heavy atom. The molecule has 2 aliphatic carbocycles. The van der Waals surface area contributed by atoms with Gasteiger partial charge in [-0.3, -0.25) is 0 Å². The zero-order valence-corrected chi connectivity index (χ0v) is 13.2. The van der Waals surface area contributed by atoms with Crippen molar-refractivity contribution >= 4 is 22.4 Å². The summed E-state index contributed by atoms with van der Waals surface area (Å²) in [6.07, 6.45) is 4.29. The number of rotatable bonds is 4. The standard InChI is InChI=1S/C19H22ClN/c1-2-21-19(14-10-12-9-13(12)11-14)17-7-8-18(20)16-6-4-3-5-15(16)17/h3-8,12-14,19,21H,2,9-11H2,1H3. The van der Waals surface area contributed by atoms with Crippen LogP contribution in [0.25, 0.3) is 10.8 Å². The van der Waals surface area contributed by atoms with Crippen LogP contribution in [-0.4, -0.2) is 6.54 Å². The quantitative estimate of drug-likeness (QED) is 0.819. The molecule has 0 spiro atoms. The van der Waals surface area contributed by atoms with Gasteiger partial charge in [-0.15, -0.1) is 0 Å². The molecule has 0 aromatic heterocycles. The minimum absolute atomic E-state index is 0.477. The minimum atomic E-state index is 0.477. The molecule has 0 saturated heterocycles. The molecule has 3 atom stereocenters. The Bertz CT molecular complexity index is 656. The molecule has 1 nitrogen and oxygen atoms in total. The van der Waals surface area contributed by atoms with Crippen molar-refractivity contribution in [3.63, 3.8) is 0 Å². The highest BCUT2D eigenvalue weighted by atomic mass is 35.5. The van der Waals surface area contributed by atoms with Crippen LogP contribution < -0.4 is 5.32 Å². The topological polar surface area (TPSA) is 12.0 Å². The molecule has 0 radical (unpaired) electrons. The first-order valence-electron chi connectivity index (χ1n) is 8.18. The molecule has 0 heterocycles. The van der Waals surface area contributed by atoms with E-state index in [1.807, 2.05) is 0 Å². The maximum absolute atomic E-state index is 6.38. The summed E-state index contributed by atoms with van der Waals surface area (Å²) in [6, 6.07) is 13.3. The second-order valence-electron chi connectivity index (χ2n) is 6.70. The monoisotopic (exact) mass is 299 g/mol. The van der Waals surface area contributed by atoms with Crippen LogP contribution in [0, 0.1) is 17.8 Å². The largest absolute Gasteiger partial charge is 0.310 e. The van der Waals surface area contributed by atoms with E-state index in [9.17, 15) is 0 Å². The number of benzene rings is 2. The summed E-state index contributed by atoms with van der Waals surface area (Å²) in [6.45, 7) is 3.23. The van der Waals surface area contributed by atoms with Crippen LogP contribution in [0.3, 0.4) is 0 Å². The highest BCUT2D eigenvalue weighted by Gasteiger charge is 2.48. The molecule has 2 aromatic rings. The van der Waals surface area contributed by atoms with E-state index in [4.69, 9.17) is 11.6 Å². The highest BCUT2D eigenvalue weighted by Crippen LogP contribution is 2.57. The minimum Gasteiger partial charge on any atom is -0.310 e. The average molecular weight is 300 g/mol. The summed E-state index contributed by atoms with van der Waals surface area (Å²) in [5, 5.41) is 7.11. The normalized spacial score (nSPS) is 28.6. The van der Waals surface area contributed by atoms with E-state index < -0.39 is 0 Å². The Hall–Kier alpha value is -1.05. The summed E-state index contributed by atoms with van der Waals surface area (Å²) < 4.78 is 0. The third-order valence-electron chi connectivity index (χ3n) is 5.42. The van der Waals surface area contributed by atoms with Gasteiger partial charge >= 0.3 is 0 Å². The van der Waals surface area contributed by atoms with Crippen molar-refractivity contribution in [2.45, 2.75) is 32.2 Å².